The maximum absolute atomic E-state index is 5.97. The summed E-state index contributed by atoms with van der Waals surface area (Å²) in [6, 6.07) is 27.0. The largest absolute Gasteiger partial charge is 0.455 e. The molecule has 0 saturated carbocycles. The third-order valence-corrected chi connectivity index (χ3v) is 3.71. The molecule has 0 amide bonds. The van der Waals surface area contributed by atoms with E-state index >= 15 is 0 Å². The Kier molecular flexibility index (Phi) is 4.88. The van der Waals surface area contributed by atoms with Crippen molar-refractivity contribution in [2.45, 2.75) is 0 Å². The number of anilines is 4. The van der Waals surface area contributed by atoms with Crippen molar-refractivity contribution in [2.75, 3.05) is 10.6 Å². The van der Waals surface area contributed by atoms with Crippen LogP contribution in [-0.2, 0) is 0 Å². The van der Waals surface area contributed by atoms with Gasteiger partial charge in [-0.25, -0.2) is 0 Å². The summed E-state index contributed by atoms with van der Waals surface area (Å²) in [7, 11) is 0. The molecule has 1 aromatic heterocycles. The Balaban J connectivity index is 1.53. The first-order valence-corrected chi connectivity index (χ1v) is 8.47. The van der Waals surface area contributed by atoms with E-state index < -0.39 is 0 Å². The van der Waals surface area contributed by atoms with Crippen molar-refractivity contribution in [1.82, 2.24) is 15.2 Å². The molecule has 0 aliphatic heterocycles. The van der Waals surface area contributed by atoms with E-state index in [1.807, 2.05) is 84.9 Å². The van der Waals surface area contributed by atoms with Crippen LogP contribution < -0.4 is 15.4 Å². The van der Waals surface area contributed by atoms with Gasteiger partial charge in [0.1, 0.15) is 5.75 Å². The van der Waals surface area contributed by atoms with Crippen molar-refractivity contribution >= 4 is 23.1 Å². The van der Waals surface area contributed by atoms with Crippen LogP contribution in [0, 0.1) is 0 Å². The Morgan fingerprint density at radius 1 is 0.704 bits per heavy atom. The van der Waals surface area contributed by atoms with Gasteiger partial charge in [-0.15, -0.1) is 5.10 Å². The van der Waals surface area contributed by atoms with E-state index in [9.17, 15) is 0 Å². The number of hydrogen-bond donors (Lipinski definition) is 2. The van der Waals surface area contributed by atoms with Crippen molar-refractivity contribution in [3.8, 4) is 11.5 Å². The number of ether oxygens (including phenoxy) is 1. The minimum absolute atomic E-state index is 0.410. The molecule has 0 atom stereocenters. The Morgan fingerprint density at radius 3 is 2.22 bits per heavy atom. The van der Waals surface area contributed by atoms with Crippen LogP contribution in [0.5, 0.6) is 11.5 Å². The van der Waals surface area contributed by atoms with Gasteiger partial charge >= 0.3 is 0 Å². The van der Waals surface area contributed by atoms with Crippen LogP contribution in [-0.4, -0.2) is 15.2 Å². The Bertz CT molecular complexity index is 1010. The predicted molar refractivity (Wildman–Crippen MR) is 106 cm³/mol. The second-order valence-electron chi connectivity index (χ2n) is 5.69. The Morgan fingerprint density at radius 2 is 1.41 bits per heavy atom. The monoisotopic (exact) mass is 355 g/mol. The van der Waals surface area contributed by atoms with Gasteiger partial charge in [0, 0.05) is 5.69 Å². The quantitative estimate of drug-likeness (QED) is 0.498. The van der Waals surface area contributed by atoms with Gasteiger partial charge in [-0.05, 0) is 36.4 Å². The summed E-state index contributed by atoms with van der Waals surface area (Å²) in [4.78, 5) is 4.46. The maximum Gasteiger partial charge on any atom is 0.249 e. The van der Waals surface area contributed by atoms with E-state index in [1.54, 1.807) is 6.20 Å². The van der Waals surface area contributed by atoms with E-state index in [4.69, 9.17) is 4.74 Å². The van der Waals surface area contributed by atoms with Crippen molar-refractivity contribution in [2.24, 2.45) is 0 Å². The highest BCUT2D eigenvalue weighted by molar-refractivity contribution is 5.65. The standard InChI is InChI=1S/C21H17N5O/c1-3-9-16(10-4-1)23-21-25-20(15-22-26-21)24-18-13-7-8-14-19(18)27-17-11-5-2-6-12-17/h1-15H,(H2,23,24,25,26). The molecule has 2 N–H and O–H groups in total. The van der Waals surface area contributed by atoms with E-state index in [0.717, 1.165) is 17.1 Å². The minimum atomic E-state index is 0.410. The van der Waals surface area contributed by atoms with Gasteiger partial charge in [-0.1, -0.05) is 48.5 Å². The fourth-order valence-corrected chi connectivity index (χ4v) is 2.48. The predicted octanol–water partition coefficient (Wildman–Crippen LogP) is 5.15. The lowest BCUT2D eigenvalue weighted by molar-refractivity contribution is 0.485. The minimum Gasteiger partial charge on any atom is -0.455 e. The number of benzene rings is 3. The smallest absolute Gasteiger partial charge is 0.249 e. The van der Waals surface area contributed by atoms with Crippen molar-refractivity contribution in [3.05, 3.63) is 91.1 Å². The number of rotatable bonds is 6. The molecule has 0 unspecified atom stereocenters. The molecule has 0 spiro atoms. The number of aromatic nitrogens is 3. The second kappa shape index (κ2) is 7.97. The van der Waals surface area contributed by atoms with Gasteiger partial charge < -0.3 is 15.4 Å². The van der Waals surface area contributed by atoms with Gasteiger partial charge in [0.05, 0.1) is 11.9 Å². The fraction of sp³-hybridized carbons (Fsp3) is 0. The van der Waals surface area contributed by atoms with Gasteiger partial charge in [0.2, 0.25) is 5.95 Å². The highest BCUT2D eigenvalue weighted by Gasteiger charge is 2.07. The van der Waals surface area contributed by atoms with Crippen LogP contribution in [0.3, 0.4) is 0 Å². The third kappa shape index (κ3) is 4.38. The van der Waals surface area contributed by atoms with E-state index in [-0.39, 0.29) is 0 Å². The summed E-state index contributed by atoms with van der Waals surface area (Å²) in [5.41, 5.74) is 1.68. The van der Waals surface area contributed by atoms with Crippen LogP contribution in [0.1, 0.15) is 0 Å². The average molecular weight is 355 g/mol. The van der Waals surface area contributed by atoms with Crippen LogP contribution in [0.15, 0.2) is 91.1 Å². The Labute approximate surface area is 156 Å². The first kappa shape index (κ1) is 16.5. The summed E-state index contributed by atoms with van der Waals surface area (Å²) >= 11 is 0. The number of para-hydroxylation sites is 4. The van der Waals surface area contributed by atoms with Crippen molar-refractivity contribution < 1.29 is 4.74 Å². The molecule has 132 valence electrons. The SMILES string of the molecule is c1ccc(Nc2nncc(Nc3ccccc3Oc3ccccc3)n2)cc1. The molecule has 0 saturated heterocycles. The molecule has 4 rings (SSSR count). The zero-order valence-electron chi connectivity index (χ0n) is 14.4. The van der Waals surface area contributed by atoms with Gasteiger partial charge in [0.15, 0.2) is 11.6 Å². The molecular weight excluding hydrogens is 338 g/mol. The molecule has 0 bridgehead atoms. The van der Waals surface area contributed by atoms with Crippen LogP contribution >= 0.6 is 0 Å². The summed E-state index contributed by atoms with van der Waals surface area (Å²) in [6.45, 7) is 0. The highest BCUT2D eigenvalue weighted by atomic mass is 16.5. The summed E-state index contributed by atoms with van der Waals surface area (Å²) in [5, 5.41) is 14.4. The molecule has 0 aliphatic rings. The molecule has 0 aliphatic carbocycles. The molecule has 6 heteroatoms. The van der Waals surface area contributed by atoms with Crippen molar-refractivity contribution in [1.29, 1.82) is 0 Å². The lowest BCUT2D eigenvalue weighted by atomic mass is 10.3. The molecule has 1 heterocycles. The zero-order valence-corrected chi connectivity index (χ0v) is 14.4. The zero-order chi connectivity index (χ0) is 18.3. The third-order valence-electron chi connectivity index (χ3n) is 3.71. The molecule has 27 heavy (non-hydrogen) atoms. The van der Waals surface area contributed by atoms with Gasteiger partial charge in [-0.2, -0.15) is 10.1 Å². The normalized spacial score (nSPS) is 10.2. The van der Waals surface area contributed by atoms with E-state index in [2.05, 4.69) is 25.8 Å². The molecule has 0 fully saturated rings. The number of hydrogen-bond acceptors (Lipinski definition) is 6. The second-order valence-corrected chi connectivity index (χ2v) is 5.69. The first-order valence-electron chi connectivity index (χ1n) is 8.47. The average Bonchev–Trinajstić information content (AvgIpc) is 2.71. The number of nitrogens with one attached hydrogen (secondary N) is 2. The molecule has 0 radical (unpaired) electrons. The highest BCUT2D eigenvalue weighted by Crippen LogP contribution is 2.31. The van der Waals surface area contributed by atoms with E-state index in [0.29, 0.717) is 17.5 Å². The molecule has 4 aromatic rings. The van der Waals surface area contributed by atoms with Crippen LogP contribution in [0.25, 0.3) is 0 Å². The molecule has 6 nitrogen and oxygen atoms in total. The lowest BCUT2D eigenvalue weighted by Gasteiger charge is -2.12. The van der Waals surface area contributed by atoms with Gasteiger partial charge in [-0.3, -0.25) is 0 Å². The van der Waals surface area contributed by atoms with E-state index in [1.165, 1.54) is 0 Å². The summed E-state index contributed by atoms with van der Waals surface area (Å²) in [5.74, 6) is 2.43. The lowest BCUT2D eigenvalue weighted by Crippen LogP contribution is -2.03. The Hall–Kier alpha value is -3.93. The van der Waals surface area contributed by atoms with Crippen LogP contribution in [0.4, 0.5) is 23.1 Å². The first-order chi connectivity index (χ1) is 13.4. The maximum atomic E-state index is 5.97. The van der Waals surface area contributed by atoms with Gasteiger partial charge in [0.25, 0.3) is 0 Å². The topological polar surface area (TPSA) is 72.0 Å². The molecule has 3 aromatic carbocycles. The summed E-state index contributed by atoms with van der Waals surface area (Å²) < 4.78 is 5.97. The van der Waals surface area contributed by atoms with Crippen LogP contribution in [0.2, 0.25) is 0 Å². The summed E-state index contributed by atoms with van der Waals surface area (Å²) in [6.07, 6.45) is 1.56. The molecular formula is C21H17N5O. The number of nitrogens with zero attached hydrogens (tertiary/aromatic N) is 3. The van der Waals surface area contributed by atoms with Crippen molar-refractivity contribution in [3.63, 3.8) is 0 Å². The fourth-order valence-electron chi connectivity index (χ4n) is 2.48.